The summed E-state index contributed by atoms with van der Waals surface area (Å²) >= 11 is 0. The fourth-order valence-electron chi connectivity index (χ4n) is 3.27. The van der Waals surface area contributed by atoms with Crippen molar-refractivity contribution in [3.8, 4) is 0 Å². The number of aromatic nitrogens is 2. The van der Waals surface area contributed by atoms with Gasteiger partial charge in [0.15, 0.2) is 0 Å². The van der Waals surface area contributed by atoms with E-state index in [-0.39, 0.29) is 23.0 Å². The minimum atomic E-state index is -0.478. The highest BCUT2D eigenvalue weighted by atomic mass is 19.1. The monoisotopic (exact) mass is 290 g/mol. The summed E-state index contributed by atoms with van der Waals surface area (Å²) in [6.45, 7) is 7.96. The molecule has 2 heterocycles. The zero-order chi connectivity index (χ0) is 15.4. The molecular weight excluding hydrogens is 271 g/mol. The van der Waals surface area contributed by atoms with E-state index in [1.165, 1.54) is 22.9 Å². The average Bonchev–Trinajstić information content (AvgIpc) is 2.57. The standard InChI is InChI=1S/C16H19FN2O2/c1-15(2)8-13(16(3,4)21-15)19-14(20)12-6-5-11(17)7-10(12)9-18-19/h5-7,9,13H,8H2,1-4H3. The predicted molar refractivity (Wildman–Crippen MR) is 78.9 cm³/mol. The van der Waals surface area contributed by atoms with E-state index in [2.05, 4.69) is 5.10 Å². The molecule has 1 aliphatic heterocycles. The number of benzene rings is 1. The Morgan fingerprint density at radius 3 is 2.67 bits per heavy atom. The third-order valence-corrected chi connectivity index (χ3v) is 4.10. The lowest BCUT2D eigenvalue weighted by Gasteiger charge is -2.27. The molecule has 0 radical (unpaired) electrons. The van der Waals surface area contributed by atoms with Crippen LogP contribution in [0.2, 0.25) is 0 Å². The van der Waals surface area contributed by atoms with Crippen molar-refractivity contribution in [3.63, 3.8) is 0 Å². The van der Waals surface area contributed by atoms with Gasteiger partial charge in [0.2, 0.25) is 0 Å². The molecule has 1 atom stereocenters. The summed E-state index contributed by atoms with van der Waals surface area (Å²) < 4.78 is 20.7. The summed E-state index contributed by atoms with van der Waals surface area (Å²) in [5, 5.41) is 5.25. The molecule has 0 bridgehead atoms. The van der Waals surface area contributed by atoms with Crippen LogP contribution >= 0.6 is 0 Å². The Balaban J connectivity index is 2.16. The molecule has 1 fully saturated rings. The van der Waals surface area contributed by atoms with Gasteiger partial charge in [0.1, 0.15) is 5.82 Å². The molecule has 21 heavy (non-hydrogen) atoms. The second-order valence-electron chi connectivity index (χ2n) is 6.81. The van der Waals surface area contributed by atoms with Gasteiger partial charge in [-0.1, -0.05) is 0 Å². The number of fused-ring (bicyclic) bond motifs is 1. The Bertz CT molecular complexity index is 764. The number of hydrogen-bond donors (Lipinski definition) is 0. The SMILES string of the molecule is CC1(C)CC(n2ncc3cc(F)ccc3c2=O)C(C)(C)O1. The summed E-state index contributed by atoms with van der Waals surface area (Å²) in [4.78, 5) is 12.6. The van der Waals surface area contributed by atoms with Gasteiger partial charge >= 0.3 is 0 Å². The summed E-state index contributed by atoms with van der Waals surface area (Å²) in [5.74, 6) is -0.368. The van der Waals surface area contributed by atoms with Crippen LogP contribution in [0.1, 0.15) is 40.2 Å². The van der Waals surface area contributed by atoms with Gasteiger partial charge in [-0.25, -0.2) is 9.07 Å². The summed E-state index contributed by atoms with van der Waals surface area (Å²) in [7, 11) is 0. The largest absolute Gasteiger partial charge is 0.367 e. The first-order chi connectivity index (χ1) is 9.70. The van der Waals surface area contributed by atoms with Crippen molar-refractivity contribution in [2.45, 2.75) is 51.4 Å². The molecule has 1 aromatic heterocycles. The molecule has 1 saturated heterocycles. The van der Waals surface area contributed by atoms with Crippen molar-refractivity contribution in [2.24, 2.45) is 0 Å². The zero-order valence-electron chi connectivity index (χ0n) is 12.7. The van der Waals surface area contributed by atoms with Gasteiger partial charge < -0.3 is 4.74 Å². The van der Waals surface area contributed by atoms with Gasteiger partial charge in [-0.15, -0.1) is 0 Å². The first-order valence-corrected chi connectivity index (χ1v) is 7.07. The van der Waals surface area contributed by atoms with E-state index in [0.717, 1.165) is 0 Å². The number of hydrogen-bond acceptors (Lipinski definition) is 3. The number of rotatable bonds is 1. The molecule has 0 saturated carbocycles. The molecule has 1 aromatic carbocycles. The van der Waals surface area contributed by atoms with E-state index in [1.54, 1.807) is 6.20 Å². The minimum absolute atomic E-state index is 0.144. The molecule has 0 spiro atoms. The van der Waals surface area contributed by atoms with Crippen LogP contribution in [0.4, 0.5) is 4.39 Å². The maximum absolute atomic E-state index is 13.2. The van der Waals surface area contributed by atoms with Crippen LogP contribution in [-0.2, 0) is 4.74 Å². The Labute approximate surface area is 122 Å². The van der Waals surface area contributed by atoms with Crippen molar-refractivity contribution in [3.05, 3.63) is 40.6 Å². The Morgan fingerprint density at radius 2 is 2.05 bits per heavy atom. The molecule has 1 unspecified atom stereocenters. The smallest absolute Gasteiger partial charge is 0.274 e. The van der Waals surface area contributed by atoms with Gasteiger partial charge in [-0.3, -0.25) is 4.79 Å². The molecule has 1 aliphatic rings. The zero-order valence-corrected chi connectivity index (χ0v) is 12.7. The summed E-state index contributed by atoms with van der Waals surface area (Å²) in [6.07, 6.45) is 2.25. The first kappa shape index (κ1) is 14.2. The third-order valence-electron chi connectivity index (χ3n) is 4.10. The van der Waals surface area contributed by atoms with Crippen LogP contribution in [0.3, 0.4) is 0 Å². The van der Waals surface area contributed by atoms with Crippen LogP contribution in [0, 0.1) is 5.82 Å². The third kappa shape index (κ3) is 2.35. The quantitative estimate of drug-likeness (QED) is 0.811. The highest BCUT2D eigenvalue weighted by molar-refractivity contribution is 5.80. The first-order valence-electron chi connectivity index (χ1n) is 7.07. The van der Waals surface area contributed by atoms with E-state index in [4.69, 9.17) is 4.74 Å². The summed E-state index contributed by atoms with van der Waals surface area (Å²) in [6, 6.07) is 4.00. The maximum Gasteiger partial charge on any atom is 0.274 e. The highest BCUT2D eigenvalue weighted by Crippen LogP contribution is 2.43. The molecule has 0 aliphatic carbocycles. The second kappa shape index (κ2) is 4.37. The molecule has 3 rings (SSSR count). The molecule has 2 aromatic rings. The average molecular weight is 290 g/mol. The normalized spacial score (nSPS) is 23.6. The van der Waals surface area contributed by atoms with Gasteiger partial charge in [0.05, 0.1) is 28.8 Å². The van der Waals surface area contributed by atoms with Crippen LogP contribution in [0.5, 0.6) is 0 Å². The lowest BCUT2D eigenvalue weighted by molar-refractivity contribution is -0.0740. The predicted octanol–water partition coefficient (Wildman–Crippen LogP) is 3.05. The molecule has 112 valence electrons. The highest BCUT2D eigenvalue weighted by Gasteiger charge is 2.47. The van der Waals surface area contributed by atoms with Gasteiger partial charge in [-0.05, 0) is 45.9 Å². The maximum atomic E-state index is 13.2. The van der Waals surface area contributed by atoms with E-state index in [1.807, 2.05) is 27.7 Å². The van der Waals surface area contributed by atoms with Gasteiger partial charge in [-0.2, -0.15) is 5.10 Å². The number of nitrogens with zero attached hydrogens (tertiary/aromatic N) is 2. The fourth-order valence-corrected chi connectivity index (χ4v) is 3.27. The van der Waals surface area contributed by atoms with E-state index in [9.17, 15) is 9.18 Å². The fraction of sp³-hybridized carbons (Fsp3) is 0.500. The Kier molecular flexibility index (Phi) is 2.95. The van der Waals surface area contributed by atoms with Crippen molar-refractivity contribution in [1.29, 1.82) is 0 Å². The topological polar surface area (TPSA) is 44.1 Å². The van der Waals surface area contributed by atoms with Crippen molar-refractivity contribution < 1.29 is 9.13 Å². The van der Waals surface area contributed by atoms with Crippen LogP contribution < -0.4 is 5.56 Å². The molecular formula is C16H19FN2O2. The van der Waals surface area contributed by atoms with Crippen molar-refractivity contribution in [2.75, 3.05) is 0 Å². The van der Waals surface area contributed by atoms with E-state index < -0.39 is 5.60 Å². The summed E-state index contributed by atoms with van der Waals surface area (Å²) in [5.41, 5.74) is -0.979. The lowest BCUT2D eigenvalue weighted by Crippen LogP contribution is -2.37. The van der Waals surface area contributed by atoms with Crippen molar-refractivity contribution in [1.82, 2.24) is 9.78 Å². The molecule has 5 heteroatoms. The lowest BCUT2D eigenvalue weighted by atomic mass is 9.94. The van der Waals surface area contributed by atoms with E-state index >= 15 is 0 Å². The van der Waals surface area contributed by atoms with Crippen LogP contribution in [-0.4, -0.2) is 21.0 Å². The van der Waals surface area contributed by atoms with Gasteiger partial charge in [0, 0.05) is 11.8 Å². The van der Waals surface area contributed by atoms with Crippen LogP contribution in [0.15, 0.2) is 29.2 Å². The number of halogens is 1. The van der Waals surface area contributed by atoms with Crippen LogP contribution in [0.25, 0.3) is 10.8 Å². The molecule has 4 nitrogen and oxygen atoms in total. The minimum Gasteiger partial charge on any atom is -0.367 e. The van der Waals surface area contributed by atoms with E-state index in [0.29, 0.717) is 17.2 Å². The number of ether oxygens (including phenoxy) is 1. The Morgan fingerprint density at radius 1 is 1.33 bits per heavy atom. The molecule has 0 N–H and O–H groups in total. The Hall–Kier alpha value is -1.75. The van der Waals surface area contributed by atoms with Gasteiger partial charge in [0.25, 0.3) is 5.56 Å². The van der Waals surface area contributed by atoms with Crippen molar-refractivity contribution >= 4 is 10.8 Å². The second-order valence-corrected chi connectivity index (χ2v) is 6.81. The molecule has 0 amide bonds.